The van der Waals surface area contributed by atoms with Gasteiger partial charge in [-0.2, -0.15) is 5.26 Å². The average molecular weight is 379 g/mol. The van der Waals surface area contributed by atoms with Gasteiger partial charge in [0, 0.05) is 36.2 Å². The van der Waals surface area contributed by atoms with Gasteiger partial charge in [0.25, 0.3) is 0 Å². The Morgan fingerprint density at radius 3 is 2.86 bits per heavy atom. The second kappa shape index (κ2) is 7.15. The largest absolute Gasteiger partial charge is 0.379 e. The number of aromatic nitrogens is 3. The van der Waals surface area contributed by atoms with Crippen LogP contribution in [0.3, 0.4) is 0 Å². The summed E-state index contributed by atoms with van der Waals surface area (Å²) in [4.78, 5) is 21.8. The molecular formula is C19H18FN7O. The van der Waals surface area contributed by atoms with E-state index in [9.17, 15) is 9.18 Å². The van der Waals surface area contributed by atoms with Crippen molar-refractivity contribution in [1.82, 2.24) is 14.5 Å². The number of nitrogens with zero attached hydrogens (tertiary/aromatic N) is 5. The molecule has 1 aliphatic heterocycles. The second-order valence-corrected chi connectivity index (χ2v) is 6.64. The number of nitriles is 1. The van der Waals surface area contributed by atoms with E-state index in [1.807, 2.05) is 11.0 Å². The van der Waals surface area contributed by atoms with Crippen LogP contribution in [0.15, 0.2) is 42.9 Å². The van der Waals surface area contributed by atoms with Crippen molar-refractivity contribution in [2.24, 2.45) is 5.73 Å². The van der Waals surface area contributed by atoms with Crippen molar-refractivity contribution in [2.75, 3.05) is 23.3 Å². The molecule has 0 bridgehead atoms. The highest BCUT2D eigenvalue weighted by molar-refractivity contribution is 5.95. The highest BCUT2D eigenvalue weighted by atomic mass is 19.1. The fourth-order valence-corrected chi connectivity index (χ4v) is 3.46. The van der Waals surface area contributed by atoms with Gasteiger partial charge in [-0.05, 0) is 30.7 Å². The lowest BCUT2D eigenvalue weighted by Gasteiger charge is -2.36. The molecule has 28 heavy (non-hydrogen) atoms. The minimum atomic E-state index is -1.12. The van der Waals surface area contributed by atoms with E-state index in [-0.39, 0.29) is 12.6 Å². The number of carbonyl (C=O) groups is 1. The van der Waals surface area contributed by atoms with Gasteiger partial charge < -0.3 is 16.0 Å². The van der Waals surface area contributed by atoms with Crippen molar-refractivity contribution in [2.45, 2.75) is 18.6 Å². The average Bonchev–Trinajstić information content (AvgIpc) is 3.15. The minimum Gasteiger partial charge on any atom is -0.379 e. The predicted molar refractivity (Wildman–Crippen MR) is 103 cm³/mol. The van der Waals surface area contributed by atoms with Crippen LogP contribution >= 0.6 is 0 Å². The van der Waals surface area contributed by atoms with Crippen LogP contribution in [-0.2, 0) is 0 Å². The molecular weight excluding hydrogens is 361 g/mol. The van der Waals surface area contributed by atoms with Crippen molar-refractivity contribution in [1.29, 1.82) is 5.26 Å². The van der Waals surface area contributed by atoms with Crippen molar-refractivity contribution in [3.8, 4) is 6.07 Å². The van der Waals surface area contributed by atoms with Gasteiger partial charge >= 0.3 is 6.03 Å². The summed E-state index contributed by atoms with van der Waals surface area (Å²) >= 11 is 0. The molecule has 3 aromatic heterocycles. The Labute approximate surface area is 160 Å². The molecule has 3 aromatic rings. The number of alkyl halides is 1. The number of rotatable bonds is 3. The molecule has 2 atom stereocenters. The Hall–Kier alpha value is -3.67. The van der Waals surface area contributed by atoms with Crippen molar-refractivity contribution < 1.29 is 9.18 Å². The summed E-state index contributed by atoms with van der Waals surface area (Å²) in [5.74, 6) is 0.657. The Bertz CT molecular complexity index is 1060. The third-order valence-electron chi connectivity index (χ3n) is 4.91. The number of piperidine rings is 1. The molecule has 0 spiro atoms. The van der Waals surface area contributed by atoms with Gasteiger partial charge in [-0.25, -0.2) is 19.2 Å². The van der Waals surface area contributed by atoms with Gasteiger partial charge in [0.05, 0.1) is 18.2 Å². The van der Waals surface area contributed by atoms with E-state index in [1.54, 1.807) is 36.7 Å². The van der Waals surface area contributed by atoms with E-state index in [0.717, 1.165) is 0 Å². The minimum absolute atomic E-state index is 0.201. The van der Waals surface area contributed by atoms with E-state index >= 15 is 0 Å². The number of amides is 1. The number of halogens is 1. The van der Waals surface area contributed by atoms with E-state index in [1.165, 1.54) is 10.8 Å². The van der Waals surface area contributed by atoms with Gasteiger partial charge in [0.15, 0.2) is 0 Å². The molecule has 3 N–H and O–H groups in total. The molecule has 1 aliphatic rings. The zero-order valence-electron chi connectivity index (χ0n) is 14.9. The number of anilines is 2. The molecule has 0 unspecified atom stereocenters. The molecule has 1 fully saturated rings. The van der Waals surface area contributed by atoms with Gasteiger partial charge in [0.2, 0.25) is 0 Å². The van der Waals surface area contributed by atoms with Crippen LogP contribution in [0.5, 0.6) is 0 Å². The maximum absolute atomic E-state index is 14.9. The third-order valence-corrected chi connectivity index (χ3v) is 4.91. The smallest absolute Gasteiger partial charge is 0.324 e. The molecule has 1 saturated heterocycles. The summed E-state index contributed by atoms with van der Waals surface area (Å²) in [6, 6.07) is 7.93. The molecule has 0 aromatic carbocycles. The molecule has 9 heteroatoms. The summed E-state index contributed by atoms with van der Waals surface area (Å²) < 4.78 is 16.1. The molecule has 1 amide bonds. The fourth-order valence-electron chi connectivity index (χ4n) is 3.46. The van der Waals surface area contributed by atoms with Crippen LogP contribution in [0.1, 0.15) is 12.0 Å². The lowest BCUT2D eigenvalue weighted by atomic mass is 10.0. The van der Waals surface area contributed by atoms with Gasteiger partial charge in [-0.1, -0.05) is 0 Å². The highest BCUT2D eigenvalue weighted by Gasteiger charge is 2.30. The molecule has 8 nitrogen and oxygen atoms in total. The topological polar surface area (TPSA) is 113 Å². The van der Waals surface area contributed by atoms with E-state index in [2.05, 4.69) is 15.3 Å². The molecule has 142 valence electrons. The number of nitrogens with two attached hydrogens (primary N) is 1. The summed E-state index contributed by atoms with van der Waals surface area (Å²) in [5.41, 5.74) is 6.97. The first-order valence-corrected chi connectivity index (χ1v) is 8.84. The Balaban J connectivity index is 1.49. The normalized spacial score (nSPS) is 19.4. The van der Waals surface area contributed by atoms with E-state index < -0.39 is 12.2 Å². The number of carbonyl (C=O) groups excluding carboxylic acids is 1. The predicted octanol–water partition coefficient (Wildman–Crippen LogP) is 2.26. The Morgan fingerprint density at radius 2 is 2.18 bits per heavy atom. The number of primary amides is 1. The monoisotopic (exact) mass is 379 g/mol. The standard InChI is InChI=1S/C19H18FN7O/c20-14-11-26(17-2-1-12(9-21)10-24-17)7-5-16(14)25-15-3-6-23-18-13(15)4-8-27(18)19(22)28/h1-4,6,8,10,14,16H,5,7,11H2,(H2,22,28)(H,23,25)/t14-,16+/m1/s1. The summed E-state index contributed by atoms with van der Waals surface area (Å²) in [7, 11) is 0. The van der Waals surface area contributed by atoms with Crippen LogP contribution in [0.4, 0.5) is 20.7 Å². The van der Waals surface area contributed by atoms with Gasteiger partial charge in [-0.15, -0.1) is 0 Å². The number of pyridine rings is 2. The first kappa shape index (κ1) is 17.7. The zero-order chi connectivity index (χ0) is 19.7. The summed E-state index contributed by atoms with van der Waals surface area (Å²) in [6.45, 7) is 0.834. The van der Waals surface area contributed by atoms with Crippen LogP contribution in [0, 0.1) is 11.3 Å². The fraction of sp³-hybridized carbons (Fsp3) is 0.263. The number of hydrogen-bond donors (Lipinski definition) is 2. The summed E-state index contributed by atoms with van der Waals surface area (Å²) in [5, 5.41) is 12.8. The van der Waals surface area contributed by atoms with Gasteiger partial charge in [-0.3, -0.25) is 4.57 Å². The Kier molecular flexibility index (Phi) is 4.53. The second-order valence-electron chi connectivity index (χ2n) is 6.64. The van der Waals surface area contributed by atoms with Gasteiger partial charge in [0.1, 0.15) is 23.7 Å². The first-order chi connectivity index (χ1) is 13.6. The molecule has 4 rings (SSSR count). The molecule has 4 heterocycles. The SMILES string of the molecule is N#Cc1ccc(N2CC[C@H](Nc3ccnc4c3ccn4C(N)=O)[C@H](F)C2)nc1. The van der Waals surface area contributed by atoms with Crippen LogP contribution in [0.2, 0.25) is 0 Å². The van der Waals surface area contributed by atoms with Crippen molar-refractivity contribution in [3.63, 3.8) is 0 Å². The maximum atomic E-state index is 14.9. The quantitative estimate of drug-likeness (QED) is 0.722. The lowest BCUT2D eigenvalue weighted by Crippen LogP contribution is -2.48. The lowest BCUT2D eigenvalue weighted by molar-refractivity contribution is 0.251. The zero-order valence-corrected chi connectivity index (χ0v) is 14.9. The van der Waals surface area contributed by atoms with E-state index in [0.29, 0.717) is 41.1 Å². The number of fused-ring (bicyclic) bond motifs is 1. The van der Waals surface area contributed by atoms with Crippen molar-refractivity contribution >= 4 is 28.6 Å². The molecule has 0 radical (unpaired) electrons. The van der Waals surface area contributed by atoms with Crippen LogP contribution in [-0.4, -0.2) is 45.9 Å². The number of nitrogens with one attached hydrogen (secondary N) is 1. The Morgan fingerprint density at radius 1 is 1.32 bits per heavy atom. The van der Waals surface area contributed by atoms with Crippen molar-refractivity contribution in [3.05, 3.63) is 48.4 Å². The molecule has 0 aliphatic carbocycles. The third kappa shape index (κ3) is 3.20. The number of hydrogen-bond acceptors (Lipinski definition) is 6. The first-order valence-electron chi connectivity index (χ1n) is 8.84. The maximum Gasteiger partial charge on any atom is 0.324 e. The van der Waals surface area contributed by atoms with Crippen LogP contribution < -0.4 is 16.0 Å². The highest BCUT2D eigenvalue weighted by Crippen LogP contribution is 2.27. The summed E-state index contributed by atoms with van der Waals surface area (Å²) in [6.07, 6.45) is 4.06. The van der Waals surface area contributed by atoms with E-state index in [4.69, 9.17) is 11.0 Å². The van der Waals surface area contributed by atoms with Crippen LogP contribution in [0.25, 0.3) is 11.0 Å². The molecule has 0 saturated carbocycles.